The number of anilines is 2. The molecular formula is C12H15F3N2O2. The van der Waals surface area contributed by atoms with Gasteiger partial charge in [0.15, 0.2) is 0 Å². The van der Waals surface area contributed by atoms with Gasteiger partial charge in [-0.2, -0.15) is 13.2 Å². The van der Waals surface area contributed by atoms with Crippen LogP contribution in [0.15, 0.2) is 24.3 Å². The molecule has 0 saturated carbocycles. The summed E-state index contributed by atoms with van der Waals surface area (Å²) < 4.78 is 40.5. The second kappa shape index (κ2) is 6.42. The molecule has 1 unspecified atom stereocenters. The fourth-order valence-electron chi connectivity index (χ4n) is 1.24. The Morgan fingerprint density at radius 1 is 1.37 bits per heavy atom. The van der Waals surface area contributed by atoms with Gasteiger partial charge in [-0.15, -0.1) is 0 Å². The van der Waals surface area contributed by atoms with Gasteiger partial charge in [-0.1, -0.05) is 0 Å². The summed E-state index contributed by atoms with van der Waals surface area (Å²) in [5.41, 5.74) is 6.53. The summed E-state index contributed by atoms with van der Waals surface area (Å²) in [7, 11) is 0. The third-order valence-corrected chi connectivity index (χ3v) is 2.30. The van der Waals surface area contributed by atoms with Gasteiger partial charge in [0.05, 0.1) is 13.0 Å². The van der Waals surface area contributed by atoms with Crippen molar-refractivity contribution in [2.75, 3.05) is 17.7 Å². The number of ether oxygens (including phenoxy) is 1. The number of alkyl halides is 3. The van der Waals surface area contributed by atoms with Crippen molar-refractivity contribution in [2.24, 2.45) is 0 Å². The zero-order chi connectivity index (χ0) is 14.5. The Hall–Kier alpha value is -1.76. The monoisotopic (exact) mass is 276 g/mol. The lowest BCUT2D eigenvalue weighted by Crippen LogP contribution is -2.29. The van der Waals surface area contributed by atoms with E-state index in [1.807, 2.05) is 0 Å². The van der Waals surface area contributed by atoms with Crippen LogP contribution in [0.5, 0.6) is 0 Å². The van der Waals surface area contributed by atoms with Crippen LogP contribution < -0.4 is 11.1 Å². The number of nitrogens with two attached hydrogens (primary N) is 1. The number of amides is 1. The first kappa shape index (κ1) is 15.3. The number of nitrogen functional groups attached to an aromatic ring is 1. The minimum absolute atomic E-state index is 0.505. The van der Waals surface area contributed by atoms with E-state index >= 15 is 0 Å². The lowest BCUT2D eigenvalue weighted by molar-refractivity contribution is -0.152. The number of halogens is 3. The van der Waals surface area contributed by atoms with Crippen molar-refractivity contribution in [3.05, 3.63) is 24.3 Å². The summed E-state index contributed by atoms with van der Waals surface area (Å²) in [6.45, 7) is 0.850. The van der Waals surface area contributed by atoms with Gasteiger partial charge in [0, 0.05) is 11.4 Å². The first-order valence-corrected chi connectivity index (χ1v) is 5.63. The summed E-state index contributed by atoms with van der Waals surface area (Å²) >= 11 is 0. The number of carbonyl (C=O) groups excluding carboxylic acids is 1. The van der Waals surface area contributed by atoms with E-state index < -0.39 is 31.2 Å². The summed E-state index contributed by atoms with van der Waals surface area (Å²) in [5, 5.41) is 2.52. The Morgan fingerprint density at radius 2 is 1.95 bits per heavy atom. The summed E-state index contributed by atoms with van der Waals surface area (Å²) in [5.74, 6) is -0.507. The quantitative estimate of drug-likeness (QED) is 0.812. The molecule has 0 heterocycles. The van der Waals surface area contributed by atoms with Crippen LogP contribution in [-0.4, -0.2) is 24.8 Å². The van der Waals surface area contributed by atoms with Crippen LogP contribution in [0.4, 0.5) is 24.5 Å². The highest BCUT2D eigenvalue weighted by Crippen LogP contribution is 2.19. The highest BCUT2D eigenvalue weighted by atomic mass is 19.4. The van der Waals surface area contributed by atoms with Crippen LogP contribution in [0.3, 0.4) is 0 Å². The number of rotatable bonds is 5. The van der Waals surface area contributed by atoms with E-state index in [0.29, 0.717) is 11.4 Å². The van der Waals surface area contributed by atoms with Gasteiger partial charge in [-0.25, -0.2) is 0 Å². The minimum Gasteiger partial charge on any atom is -0.399 e. The number of hydrogen-bond donors (Lipinski definition) is 2. The highest BCUT2D eigenvalue weighted by Gasteiger charge is 2.27. The average Bonchev–Trinajstić information content (AvgIpc) is 2.30. The van der Waals surface area contributed by atoms with E-state index in [4.69, 9.17) is 10.5 Å². The smallest absolute Gasteiger partial charge is 0.391 e. The lowest BCUT2D eigenvalue weighted by atomic mass is 10.2. The maximum Gasteiger partial charge on any atom is 0.391 e. The van der Waals surface area contributed by atoms with E-state index in [1.54, 1.807) is 24.3 Å². The van der Waals surface area contributed by atoms with E-state index in [1.165, 1.54) is 6.92 Å². The Labute approximate surface area is 108 Å². The molecule has 0 aliphatic rings. The van der Waals surface area contributed by atoms with E-state index in [-0.39, 0.29) is 0 Å². The number of benzene rings is 1. The minimum atomic E-state index is -4.28. The van der Waals surface area contributed by atoms with Crippen molar-refractivity contribution in [3.8, 4) is 0 Å². The Morgan fingerprint density at radius 3 is 2.47 bits per heavy atom. The van der Waals surface area contributed by atoms with Crippen molar-refractivity contribution in [1.29, 1.82) is 0 Å². The molecule has 1 atom stereocenters. The van der Waals surface area contributed by atoms with Gasteiger partial charge in [0.1, 0.15) is 6.10 Å². The maximum absolute atomic E-state index is 11.9. The normalized spacial score (nSPS) is 13.1. The van der Waals surface area contributed by atoms with Gasteiger partial charge in [0.2, 0.25) is 0 Å². The van der Waals surface area contributed by atoms with Crippen molar-refractivity contribution < 1.29 is 22.7 Å². The first-order valence-electron chi connectivity index (χ1n) is 5.63. The van der Waals surface area contributed by atoms with E-state index in [9.17, 15) is 18.0 Å². The summed E-state index contributed by atoms with van der Waals surface area (Å²) in [6.07, 6.45) is -6.32. The van der Waals surface area contributed by atoms with Gasteiger partial charge in [-0.3, -0.25) is 4.79 Å². The molecule has 1 aromatic carbocycles. The zero-order valence-corrected chi connectivity index (χ0v) is 10.3. The third kappa shape index (κ3) is 6.10. The Balaban J connectivity index is 2.38. The van der Waals surface area contributed by atoms with Crippen LogP contribution in [0, 0.1) is 0 Å². The second-order valence-corrected chi connectivity index (χ2v) is 3.99. The molecule has 0 bridgehead atoms. The molecule has 0 saturated heterocycles. The molecule has 1 rings (SSSR count). The molecule has 19 heavy (non-hydrogen) atoms. The SMILES string of the molecule is CC(OCCC(F)(F)F)C(=O)Nc1ccc(N)cc1. The fraction of sp³-hybridized carbons (Fsp3) is 0.417. The molecule has 1 aromatic rings. The summed E-state index contributed by atoms with van der Waals surface area (Å²) in [6, 6.07) is 6.39. The summed E-state index contributed by atoms with van der Waals surface area (Å²) in [4.78, 5) is 11.6. The fourth-order valence-corrected chi connectivity index (χ4v) is 1.24. The van der Waals surface area contributed by atoms with Crippen LogP contribution in [0.1, 0.15) is 13.3 Å². The van der Waals surface area contributed by atoms with Crippen LogP contribution in [0.25, 0.3) is 0 Å². The van der Waals surface area contributed by atoms with E-state index in [2.05, 4.69) is 5.32 Å². The highest BCUT2D eigenvalue weighted by molar-refractivity contribution is 5.93. The van der Waals surface area contributed by atoms with Crippen molar-refractivity contribution in [3.63, 3.8) is 0 Å². The van der Waals surface area contributed by atoms with Gasteiger partial charge in [0.25, 0.3) is 5.91 Å². The molecule has 4 nitrogen and oxygen atoms in total. The van der Waals surface area contributed by atoms with Crippen molar-refractivity contribution in [1.82, 2.24) is 0 Å². The van der Waals surface area contributed by atoms with Gasteiger partial charge < -0.3 is 15.8 Å². The van der Waals surface area contributed by atoms with Crippen molar-refractivity contribution in [2.45, 2.75) is 25.6 Å². The van der Waals surface area contributed by atoms with Gasteiger partial charge in [-0.05, 0) is 31.2 Å². The zero-order valence-electron chi connectivity index (χ0n) is 10.3. The van der Waals surface area contributed by atoms with Crippen LogP contribution >= 0.6 is 0 Å². The molecule has 7 heteroatoms. The first-order chi connectivity index (χ1) is 8.78. The molecule has 106 valence electrons. The largest absolute Gasteiger partial charge is 0.399 e. The Kier molecular flexibility index (Phi) is 5.17. The van der Waals surface area contributed by atoms with Crippen LogP contribution in [-0.2, 0) is 9.53 Å². The Bertz CT molecular complexity index is 418. The lowest BCUT2D eigenvalue weighted by Gasteiger charge is -2.14. The molecule has 0 aromatic heterocycles. The van der Waals surface area contributed by atoms with Gasteiger partial charge >= 0.3 is 6.18 Å². The molecule has 0 spiro atoms. The number of nitrogens with one attached hydrogen (secondary N) is 1. The molecule has 0 aliphatic heterocycles. The predicted octanol–water partition coefficient (Wildman–Crippen LogP) is 2.56. The molecule has 0 radical (unpaired) electrons. The standard InChI is InChI=1S/C12H15F3N2O2/c1-8(19-7-6-12(13,14)15)11(18)17-10-4-2-9(16)3-5-10/h2-5,8H,6-7,16H2,1H3,(H,17,18). The number of hydrogen-bond acceptors (Lipinski definition) is 3. The second-order valence-electron chi connectivity index (χ2n) is 3.99. The molecule has 0 fully saturated rings. The predicted molar refractivity (Wildman–Crippen MR) is 65.6 cm³/mol. The molecular weight excluding hydrogens is 261 g/mol. The van der Waals surface area contributed by atoms with E-state index in [0.717, 1.165) is 0 Å². The molecule has 3 N–H and O–H groups in total. The topological polar surface area (TPSA) is 64.3 Å². The maximum atomic E-state index is 11.9. The molecule has 1 amide bonds. The average molecular weight is 276 g/mol. The number of carbonyl (C=O) groups is 1. The molecule has 0 aliphatic carbocycles. The van der Waals surface area contributed by atoms with Crippen LogP contribution in [0.2, 0.25) is 0 Å². The van der Waals surface area contributed by atoms with Crippen molar-refractivity contribution >= 4 is 17.3 Å². The third-order valence-electron chi connectivity index (χ3n) is 2.30.